The molecule has 0 bridgehead atoms. The Labute approximate surface area is 655 Å². The van der Waals surface area contributed by atoms with E-state index in [1.165, 1.54) is 38.5 Å². The summed E-state index contributed by atoms with van der Waals surface area (Å²) in [6.45, 7) is 4.52. The average molecular weight is 1550 g/mol. The molecule has 0 saturated carbocycles. The minimum Gasteiger partial charge on any atom is -0.462 e. The van der Waals surface area contributed by atoms with E-state index in [0.29, 0.717) is 25.7 Å². The molecule has 0 aromatic carbocycles. The number of unbranched alkanes of at least 4 members (excludes halogenated alkanes) is 25. The summed E-state index contributed by atoms with van der Waals surface area (Å²) >= 11 is 0. The first-order valence-electron chi connectivity index (χ1n) is 41.7. The third-order valence-corrected chi connectivity index (χ3v) is 18.9. The van der Waals surface area contributed by atoms with Gasteiger partial charge in [0.25, 0.3) is 0 Å². The lowest BCUT2D eigenvalue weighted by atomic mass is 10.1. The third-order valence-electron chi connectivity index (χ3n) is 17.0. The highest BCUT2D eigenvalue weighted by molar-refractivity contribution is 7.47. The summed E-state index contributed by atoms with van der Waals surface area (Å²) in [5.41, 5.74) is 0. The Morgan fingerprint density at radius 3 is 0.750 bits per heavy atom. The van der Waals surface area contributed by atoms with Crippen LogP contribution in [0.3, 0.4) is 0 Å². The maximum atomic E-state index is 13.1. The van der Waals surface area contributed by atoms with Crippen molar-refractivity contribution in [3.63, 3.8) is 0 Å². The smallest absolute Gasteiger partial charge is 0.462 e. The highest BCUT2D eigenvalue weighted by atomic mass is 31.2. The molecule has 0 spiro atoms. The van der Waals surface area contributed by atoms with Crippen LogP contribution in [0, 0.1) is 0 Å². The zero-order valence-electron chi connectivity index (χ0n) is 67.5. The molecule has 0 aromatic heterocycles. The van der Waals surface area contributed by atoms with E-state index < -0.39 is 97.5 Å². The summed E-state index contributed by atoms with van der Waals surface area (Å²) in [5.74, 6) is -2.26. The predicted molar refractivity (Wildman–Crippen MR) is 445 cm³/mol. The van der Waals surface area contributed by atoms with Crippen LogP contribution in [0.2, 0.25) is 0 Å². The lowest BCUT2D eigenvalue weighted by Crippen LogP contribution is -2.30. The standard InChI is InChI=1S/C89H148O17P2/c1-5-9-13-17-21-25-29-33-37-39-41-43-47-49-53-57-61-65-69-73-86(91)99-79-84(105-88(93)75-71-67-63-59-55-51-45-35-31-27-23-19-15-11-7-3)81-103-107(95,96)101-77-83(90)78-102-108(97,98)104-82-85(106-89(94)76-72-68-64-60-56-52-46-36-32-28-24-20-16-12-8-4)80-100-87(92)74-70-66-62-58-54-50-48-44-42-40-38-34-30-26-22-18-14-10-6-2/h9,11,13,15,21-28,33-38,41-46,49,53,83-85,90H,5-8,10,12,14,16-20,29-32,39-40,47-48,50-52,54-82H2,1-4H3,(H,95,96)(H,97,98)/b13-9-,15-11-,25-21-,26-22-,27-23-,28-24-,37-33-,38-34-,43-41-,44-42-,45-35-,46-36-,53-49-. The number of hydrogen-bond donors (Lipinski definition) is 3. The molecule has 0 amide bonds. The first-order valence-corrected chi connectivity index (χ1v) is 44.7. The van der Waals surface area contributed by atoms with E-state index in [1.54, 1.807) is 0 Å². The molecule has 0 radical (unpaired) electrons. The summed E-state index contributed by atoms with van der Waals surface area (Å²) in [6, 6.07) is 0. The van der Waals surface area contributed by atoms with Gasteiger partial charge in [0.15, 0.2) is 12.2 Å². The molecule has 0 aliphatic rings. The molecule has 0 aliphatic heterocycles. The minimum absolute atomic E-state index is 0.0623. The van der Waals surface area contributed by atoms with Gasteiger partial charge in [-0.05, 0) is 173 Å². The van der Waals surface area contributed by atoms with E-state index in [4.69, 9.17) is 37.0 Å². The fourth-order valence-corrected chi connectivity index (χ4v) is 12.2. The number of allylic oxidation sites excluding steroid dienone is 26. The molecule has 5 atom stereocenters. The fraction of sp³-hybridized carbons (Fsp3) is 0.663. The number of esters is 4. The van der Waals surface area contributed by atoms with Crippen molar-refractivity contribution >= 4 is 39.5 Å². The molecule has 0 aromatic rings. The third kappa shape index (κ3) is 78.8. The topological polar surface area (TPSA) is 237 Å². The number of hydrogen-bond acceptors (Lipinski definition) is 15. The molecule has 19 heteroatoms. The van der Waals surface area contributed by atoms with Crippen LogP contribution in [0.4, 0.5) is 0 Å². The Hall–Kier alpha value is -5.32. The van der Waals surface area contributed by atoms with Crippen LogP contribution in [-0.2, 0) is 65.4 Å². The van der Waals surface area contributed by atoms with Crippen molar-refractivity contribution in [3.8, 4) is 0 Å². The number of phosphoric acid groups is 2. The molecule has 0 aliphatic carbocycles. The van der Waals surface area contributed by atoms with Crippen molar-refractivity contribution in [3.05, 3.63) is 158 Å². The van der Waals surface area contributed by atoms with Crippen LogP contribution in [0.15, 0.2) is 158 Å². The highest BCUT2D eigenvalue weighted by Crippen LogP contribution is 2.45. The van der Waals surface area contributed by atoms with E-state index in [2.05, 4.69) is 186 Å². The first kappa shape index (κ1) is 103. The van der Waals surface area contributed by atoms with E-state index in [1.807, 2.05) is 0 Å². The van der Waals surface area contributed by atoms with Gasteiger partial charge in [-0.15, -0.1) is 0 Å². The molecule has 3 N–H and O–H groups in total. The fourth-order valence-electron chi connectivity index (χ4n) is 10.7. The van der Waals surface area contributed by atoms with Gasteiger partial charge in [0, 0.05) is 25.7 Å². The van der Waals surface area contributed by atoms with Crippen molar-refractivity contribution in [2.24, 2.45) is 0 Å². The van der Waals surface area contributed by atoms with E-state index in [-0.39, 0.29) is 25.7 Å². The number of carbonyl (C=O) groups is 4. The van der Waals surface area contributed by atoms with Crippen molar-refractivity contribution in [1.82, 2.24) is 0 Å². The summed E-state index contributed by atoms with van der Waals surface area (Å²) < 4.78 is 68.7. The summed E-state index contributed by atoms with van der Waals surface area (Å²) in [5, 5.41) is 10.7. The van der Waals surface area contributed by atoms with Gasteiger partial charge in [-0.3, -0.25) is 37.3 Å². The number of aliphatic hydroxyl groups excluding tert-OH is 1. The number of carbonyl (C=O) groups excluding carboxylic acids is 4. The Balaban J connectivity index is 5.44. The lowest BCUT2D eigenvalue weighted by Gasteiger charge is -2.21. The normalized spacial score (nSPS) is 14.6. The SMILES string of the molecule is CC/C=C\C/C=C\C/C=C\C/C=C\C/C=C\CCCCCC(=O)OCC(COP(=O)(O)OCC(O)COP(=O)(O)OCC(COC(=O)CCCCCCCC/C=C\C/C=C\C/C=C\CCCCC)OC(=O)CCCCCCC/C=C\C/C=C\CCCCC)OC(=O)CCCCCCC/C=C\C/C=C\C/C=C\CC. The van der Waals surface area contributed by atoms with Crippen molar-refractivity contribution in [2.45, 2.75) is 341 Å². The van der Waals surface area contributed by atoms with E-state index >= 15 is 0 Å². The molecule has 5 unspecified atom stereocenters. The Kier molecular flexibility index (Phi) is 75.8. The second-order valence-electron chi connectivity index (χ2n) is 27.3. The average Bonchev–Trinajstić information content (AvgIpc) is 0.923. The van der Waals surface area contributed by atoms with Crippen LogP contribution in [-0.4, -0.2) is 96.7 Å². The quantitative estimate of drug-likeness (QED) is 0.0169. The molecule has 0 rings (SSSR count). The molecule has 616 valence electrons. The van der Waals surface area contributed by atoms with Crippen LogP contribution >= 0.6 is 15.6 Å². The second kappa shape index (κ2) is 79.8. The molecule has 108 heavy (non-hydrogen) atoms. The largest absolute Gasteiger partial charge is 0.472 e. The van der Waals surface area contributed by atoms with Crippen molar-refractivity contribution in [2.75, 3.05) is 39.6 Å². The minimum atomic E-state index is -5.00. The molecule has 0 heterocycles. The maximum absolute atomic E-state index is 13.1. The van der Waals surface area contributed by atoms with Gasteiger partial charge in [0.05, 0.1) is 26.4 Å². The van der Waals surface area contributed by atoms with E-state index in [0.717, 1.165) is 205 Å². The van der Waals surface area contributed by atoms with E-state index in [9.17, 15) is 43.2 Å². The molecule has 17 nitrogen and oxygen atoms in total. The van der Waals surface area contributed by atoms with Crippen LogP contribution < -0.4 is 0 Å². The van der Waals surface area contributed by atoms with Gasteiger partial charge < -0.3 is 33.8 Å². The number of rotatable bonds is 77. The summed E-state index contributed by atoms with van der Waals surface area (Å²) in [7, 11) is -10.00. The monoisotopic (exact) mass is 1550 g/mol. The Morgan fingerprint density at radius 2 is 0.481 bits per heavy atom. The van der Waals surface area contributed by atoms with Gasteiger partial charge in [0.2, 0.25) is 0 Å². The maximum Gasteiger partial charge on any atom is 0.472 e. The molecule has 0 fully saturated rings. The van der Waals surface area contributed by atoms with Crippen LogP contribution in [0.1, 0.15) is 323 Å². The zero-order chi connectivity index (χ0) is 78.9. The Bertz CT molecular complexity index is 2660. The van der Waals surface area contributed by atoms with Gasteiger partial charge in [-0.1, -0.05) is 282 Å². The van der Waals surface area contributed by atoms with Gasteiger partial charge in [-0.25, -0.2) is 9.13 Å². The summed E-state index contributed by atoms with van der Waals surface area (Å²) in [4.78, 5) is 73.2. The van der Waals surface area contributed by atoms with Crippen LogP contribution in [0.5, 0.6) is 0 Å². The zero-order valence-corrected chi connectivity index (χ0v) is 69.3. The molecular weight excluding hydrogens is 1400 g/mol. The number of phosphoric ester groups is 2. The van der Waals surface area contributed by atoms with Crippen molar-refractivity contribution < 1.29 is 80.2 Å². The number of ether oxygens (including phenoxy) is 4. The predicted octanol–water partition coefficient (Wildman–Crippen LogP) is 24.8. The second-order valence-corrected chi connectivity index (χ2v) is 30.2. The van der Waals surface area contributed by atoms with Gasteiger partial charge in [0.1, 0.15) is 19.3 Å². The van der Waals surface area contributed by atoms with Gasteiger partial charge in [-0.2, -0.15) is 0 Å². The highest BCUT2D eigenvalue weighted by Gasteiger charge is 2.30. The summed E-state index contributed by atoms with van der Waals surface area (Å²) in [6.07, 6.45) is 93.5. The Morgan fingerprint density at radius 1 is 0.269 bits per heavy atom. The van der Waals surface area contributed by atoms with Gasteiger partial charge >= 0.3 is 39.5 Å². The first-order chi connectivity index (χ1) is 52.7. The van der Waals surface area contributed by atoms with Crippen LogP contribution in [0.25, 0.3) is 0 Å². The number of aliphatic hydroxyl groups is 1. The van der Waals surface area contributed by atoms with Crippen molar-refractivity contribution in [1.29, 1.82) is 0 Å². The molecular formula is C89H148O17P2. The molecule has 0 saturated heterocycles. The lowest BCUT2D eigenvalue weighted by molar-refractivity contribution is -0.161.